The maximum absolute atomic E-state index is 14.0. The van der Waals surface area contributed by atoms with E-state index in [1.807, 2.05) is 60.7 Å². The highest BCUT2D eigenvalue weighted by Gasteiger charge is 2.72. The van der Waals surface area contributed by atoms with Crippen LogP contribution in [0.25, 0.3) is 0 Å². The molecule has 0 saturated carbocycles. The normalized spacial score (nSPS) is 30.1. The summed E-state index contributed by atoms with van der Waals surface area (Å²) in [6, 6.07) is 18.9. The molecule has 1 nitrogen and oxygen atoms in total. The summed E-state index contributed by atoms with van der Waals surface area (Å²) in [6.45, 7) is 0. The van der Waals surface area contributed by atoms with Gasteiger partial charge >= 0.3 is 5.31 Å². The Morgan fingerprint density at radius 1 is 0.944 bits per heavy atom. The van der Waals surface area contributed by atoms with E-state index in [9.17, 15) is 4.39 Å². The average molecular weight is 263 g/mol. The number of epoxide rings is 1. The molecule has 3 rings (SSSR count). The molecule has 1 heterocycles. The number of ether oxygens (including phenoxy) is 1. The van der Waals surface area contributed by atoms with Crippen LogP contribution in [0.15, 0.2) is 60.7 Å². The molecule has 1 aliphatic heterocycles. The van der Waals surface area contributed by atoms with Crippen LogP contribution >= 0.6 is 11.6 Å². The van der Waals surface area contributed by atoms with Gasteiger partial charge in [-0.3, -0.25) is 0 Å². The minimum absolute atomic E-state index is 0.428. The number of benzene rings is 2. The fraction of sp³-hybridized carbons (Fsp3) is 0.200. The van der Waals surface area contributed by atoms with Crippen LogP contribution in [-0.2, 0) is 16.8 Å². The van der Waals surface area contributed by atoms with Crippen LogP contribution in [0.5, 0.6) is 0 Å². The second-order valence-electron chi connectivity index (χ2n) is 4.47. The third kappa shape index (κ3) is 1.82. The van der Waals surface area contributed by atoms with Gasteiger partial charge in [0.25, 0.3) is 0 Å². The van der Waals surface area contributed by atoms with Gasteiger partial charge in [-0.1, -0.05) is 60.7 Å². The quantitative estimate of drug-likeness (QED) is 0.601. The maximum Gasteiger partial charge on any atom is 0.321 e. The van der Waals surface area contributed by atoms with Crippen molar-refractivity contribution in [1.29, 1.82) is 0 Å². The predicted octanol–water partition coefficient (Wildman–Crippen LogP) is 4.02. The van der Waals surface area contributed by atoms with Crippen molar-refractivity contribution < 1.29 is 9.13 Å². The van der Waals surface area contributed by atoms with Gasteiger partial charge in [0.15, 0.2) is 5.60 Å². The minimum atomic E-state index is -2.11. The Hall–Kier alpha value is -1.38. The van der Waals surface area contributed by atoms with E-state index < -0.39 is 10.9 Å². The van der Waals surface area contributed by atoms with Crippen molar-refractivity contribution in [2.24, 2.45) is 0 Å². The zero-order valence-electron chi connectivity index (χ0n) is 9.64. The number of halogens is 2. The molecule has 0 aromatic heterocycles. The van der Waals surface area contributed by atoms with Crippen LogP contribution in [0.2, 0.25) is 0 Å². The highest BCUT2D eigenvalue weighted by atomic mass is 35.5. The van der Waals surface area contributed by atoms with Crippen molar-refractivity contribution in [3.8, 4) is 0 Å². The lowest BCUT2D eigenvalue weighted by molar-refractivity contribution is 0.217. The second-order valence-corrected chi connectivity index (χ2v) is 4.96. The number of hydrogen-bond acceptors (Lipinski definition) is 1. The van der Waals surface area contributed by atoms with Crippen molar-refractivity contribution in [3.05, 3.63) is 71.8 Å². The SMILES string of the molecule is FC1(Cl)OC1(Cc1ccccc1)c1ccccc1. The topological polar surface area (TPSA) is 12.5 Å². The van der Waals surface area contributed by atoms with Crippen molar-refractivity contribution in [1.82, 2.24) is 0 Å². The Labute approximate surface area is 110 Å². The van der Waals surface area contributed by atoms with E-state index >= 15 is 0 Å². The fourth-order valence-electron chi connectivity index (χ4n) is 2.25. The van der Waals surface area contributed by atoms with Gasteiger partial charge in [-0.05, 0) is 22.7 Å². The standard InChI is InChI=1S/C15H12ClFO/c16-15(17)14(18-15,13-9-5-2-6-10-13)11-12-7-3-1-4-8-12/h1-10H,11H2. The molecule has 0 spiro atoms. The molecule has 2 aromatic rings. The molecule has 92 valence electrons. The van der Waals surface area contributed by atoms with Crippen LogP contribution in [0.4, 0.5) is 4.39 Å². The lowest BCUT2D eigenvalue weighted by Crippen LogP contribution is -2.19. The van der Waals surface area contributed by atoms with Crippen LogP contribution in [-0.4, -0.2) is 5.31 Å². The van der Waals surface area contributed by atoms with Gasteiger partial charge in [-0.25, -0.2) is 0 Å². The Kier molecular flexibility index (Phi) is 2.65. The van der Waals surface area contributed by atoms with Crippen molar-refractivity contribution >= 4 is 11.6 Å². The van der Waals surface area contributed by atoms with Crippen LogP contribution in [0.1, 0.15) is 11.1 Å². The smallest absolute Gasteiger partial charge is 0.312 e. The Bertz CT molecular complexity index is 541. The summed E-state index contributed by atoms with van der Waals surface area (Å²) in [6.07, 6.45) is 0.428. The second kappa shape index (κ2) is 4.08. The van der Waals surface area contributed by atoms with Crippen molar-refractivity contribution in [2.45, 2.75) is 17.3 Å². The summed E-state index contributed by atoms with van der Waals surface area (Å²) in [4.78, 5) is 0. The number of alkyl halides is 2. The molecule has 0 N–H and O–H groups in total. The third-order valence-electron chi connectivity index (χ3n) is 3.27. The molecular weight excluding hydrogens is 251 g/mol. The molecule has 0 aliphatic carbocycles. The maximum atomic E-state index is 14.0. The van der Waals surface area contributed by atoms with Crippen molar-refractivity contribution in [3.63, 3.8) is 0 Å². The first-order valence-corrected chi connectivity index (χ1v) is 6.19. The van der Waals surface area contributed by atoms with Gasteiger partial charge in [0.05, 0.1) is 0 Å². The van der Waals surface area contributed by atoms with E-state index in [4.69, 9.17) is 16.3 Å². The first-order valence-electron chi connectivity index (χ1n) is 5.81. The van der Waals surface area contributed by atoms with E-state index in [1.54, 1.807) is 0 Å². The van der Waals surface area contributed by atoms with Gasteiger partial charge in [-0.2, -0.15) is 4.39 Å². The van der Waals surface area contributed by atoms with Crippen LogP contribution < -0.4 is 0 Å². The largest absolute Gasteiger partial charge is 0.321 e. The summed E-state index contributed by atoms with van der Waals surface area (Å²) in [5.74, 6) is 0. The van der Waals surface area contributed by atoms with Gasteiger partial charge in [0.2, 0.25) is 0 Å². The number of hydrogen-bond donors (Lipinski definition) is 0. The first kappa shape index (κ1) is 11.7. The first-order chi connectivity index (χ1) is 8.64. The van der Waals surface area contributed by atoms with Gasteiger partial charge < -0.3 is 4.74 Å². The Morgan fingerprint density at radius 3 is 1.94 bits per heavy atom. The molecule has 1 saturated heterocycles. The molecule has 0 bridgehead atoms. The average Bonchev–Trinajstić information content (AvgIpc) is 2.94. The number of rotatable bonds is 3. The molecule has 0 radical (unpaired) electrons. The molecule has 2 unspecified atom stereocenters. The zero-order chi connectivity index (χ0) is 12.6. The molecule has 0 amide bonds. The summed E-state index contributed by atoms with van der Waals surface area (Å²) < 4.78 is 19.2. The van der Waals surface area contributed by atoms with E-state index in [-0.39, 0.29) is 0 Å². The van der Waals surface area contributed by atoms with Crippen molar-refractivity contribution in [2.75, 3.05) is 0 Å². The van der Waals surface area contributed by atoms with Crippen LogP contribution in [0, 0.1) is 0 Å². The summed E-state index contributed by atoms with van der Waals surface area (Å²) >= 11 is 5.76. The van der Waals surface area contributed by atoms with Gasteiger partial charge in [-0.15, -0.1) is 0 Å². The zero-order valence-corrected chi connectivity index (χ0v) is 10.4. The lowest BCUT2D eigenvalue weighted by Gasteiger charge is -2.12. The molecule has 1 fully saturated rings. The van der Waals surface area contributed by atoms with E-state index in [0.29, 0.717) is 6.42 Å². The van der Waals surface area contributed by atoms with Gasteiger partial charge in [0, 0.05) is 6.42 Å². The van der Waals surface area contributed by atoms with E-state index in [2.05, 4.69) is 0 Å². The summed E-state index contributed by atoms with van der Waals surface area (Å²) in [7, 11) is 0. The summed E-state index contributed by atoms with van der Waals surface area (Å²) in [5.41, 5.74) is 0.713. The lowest BCUT2D eigenvalue weighted by atomic mass is 9.92. The highest BCUT2D eigenvalue weighted by molar-refractivity contribution is 6.24. The Morgan fingerprint density at radius 2 is 1.44 bits per heavy atom. The van der Waals surface area contributed by atoms with E-state index in [0.717, 1.165) is 11.1 Å². The molecule has 2 aromatic carbocycles. The van der Waals surface area contributed by atoms with Gasteiger partial charge in [0.1, 0.15) is 0 Å². The fourth-order valence-corrected chi connectivity index (χ4v) is 2.56. The molecule has 18 heavy (non-hydrogen) atoms. The molecule has 2 atom stereocenters. The molecular formula is C15H12ClFO. The highest BCUT2D eigenvalue weighted by Crippen LogP contribution is 2.61. The Balaban J connectivity index is 1.96. The summed E-state index contributed by atoms with van der Waals surface area (Å²) in [5, 5.41) is -2.11. The molecule has 1 aliphatic rings. The van der Waals surface area contributed by atoms with Crippen LogP contribution in [0.3, 0.4) is 0 Å². The predicted molar refractivity (Wildman–Crippen MR) is 69.0 cm³/mol. The monoisotopic (exact) mass is 262 g/mol. The minimum Gasteiger partial charge on any atom is -0.312 e. The molecule has 3 heteroatoms. The third-order valence-corrected chi connectivity index (χ3v) is 3.65. The van der Waals surface area contributed by atoms with E-state index in [1.165, 1.54) is 0 Å².